The Hall–Kier alpha value is -3.06. The van der Waals surface area contributed by atoms with Gasteiger partial charge in [0.15, 0.2) is 0 Å². The minimum Gasteiger partial charge on any atom is -0.354 e. The molecule has 0 radical (unpaired) electrons. The topological polar surface area (TPSA) is 56.1 Å². The van der Waals surface area contributed by atoms with E-state index in [0.717, 1.165) is 12.1 Å². The number of hydrogen-bond acceptors (Lipinski definition) is 3. The lowest BCUT2D eigenvalue weighted by Crippen LogP contribution is -2.13. The summed E-state index contributed by atoms with van der Waals surface area (Å²) in [5.74, 6) is -0.407. The fraction of sp³-hybridized carbons (Fsp3) is 0.238. The molecule has 1 N–H and O–H groups in total. The summed E-state index contributed by atoms with van der Waals surface area (Å²) >= 11 is 0. The van der Waals surface area contributed by atoms with E-state index in [9.17, 15) is 10.1 Å². The van der Waals surface area contributed by atoms with Crippen LogP contribution in [0.3, 0.4) is 0 Å². The van der Waals surface area contributed by atoms with Crippen LogP contribution in [0.25, 0.3) is 0 Å². The van der Waals surface area contributed by atoms with Crippen LogP contribution in [0.1, 0.15) is 26.2 Å². The van der Waals surface area contributed by atoms with E-state index in [1.54, 1.807) is 24.3 Å². The molecule has 0 bridgehead atoms. The van der Waals surface area contributed by atoms with Gasteiger partial charge in [-0.2, -0.15) is 5.26 Å². The number of carbonyl (C=O) groups excluding carboxylic acids is 1. The van der Waals surface area contributed by atoms with Crippen LogP contribution in [-0.4, -0.2) is 17.4 Å². The van der Waals surface area contributed by atoms with Crippen LogP contribution in [0.5, 0.6) is 0 Å². The first-order valence-corrected chi connectivity index (χ1v) is 8.53. The van der Waals surface area contributed by atoms with Gasteiger partial charge in [0.1, 0.15) is 11.6 Å². The zero-order valence-electron chi connectivity index (χ0n) is 14.5. The van der Waals surface area contributed by atoms with Gasteiger partial charge in [-0.15, -0.1) is 0 Å². The number of nitrogens with zero attached hydrogens (tertiary/aromatic N) is 2. The lowest BCUT2D eigenvalue weighted by Gasteiger charge is -2.18. The van der Waals surface area contributed by atoms with Crippen LogP contribution in [0.2, 0.25) is 0 Å². The van der Waals surface area contributed by atoms with Gasteiger partial charge >= 0.3 is 0 Å². The van der Waals surface area contributed by atoms with Gasteiger partial charge in [0.2, 0.25) is 0 Å². The number of amides is 1. The zero-order chi connectivity index (χ0) is 17.9. The fourth-order valence-electron chi connectivity index (χ4n) is 2.34. The molecule has 1 amide bonds. The molecular formula is C21H23N3O. The highest BCUT2D eigenvalue weighted by Gasteiger charge is 2.08. The number of unbranched alkanes of at least 4 members (excludes halogenated alkanes) is 2. The van der Waals surface area contributed by atoms with Crippen LogP contribution in [0, 0.1) is 11.3 Å². The number of nitrogens with one attached hydrogen (secondary N) is 1. The molecule has 1 aliphatic heterocycles. The Morgan fingerprint density at radius 2 is 1.92 bits per heavy atom. The molecule has 25 heavy (non-hydrogen) atoms. The number of carbonyl (C=O) groups is 1. The number of rotatable bonds is 7. The molecule has 0 saturated carbocycles. The van der Waals surface area contributed by atoms with Crippen molar-refractivity contribution in [3.05, 3.63) is 78.2 Å². The third-order valence-corrected chi connectivity index (χ3v) is 3.78. The van der Waals surface area contributed by atoms with E-state index in [4.69, 9.17) is 0 Å². The maximum absolute atomic E-state index is 12.1. The SMILES string of the molecule is CCCCCN1C=CC(=C/C=C(\C#N)C(=O)Nc2ccccc2)C=C1. The van der Waals surface area contributed by atoms with Crippen LogP contribution >= 0.6 is 0 Å². The van der Waals surface area contributed by atoms with E-state index in [1.807, 2.05) is 48.8 Å². The Labute approximate surface area is 149 Å². The van der Waals surface area contributed by atoms with Crippen molar-refractivity contribution < 1.29 is 4.79 Å². The summed E-state index contributed by atoms with van der Waals surface area (Å²) in [4.78, 5) is 14.3. The van der Waals surface area contributed by atoms with Crippen molar-refractivity contribution >= 4 is 11.6 Å². The van der Waals surface area contributed by atoms with Crippen molar-refractivity contribution in [1.29, 1.82) is 5.26 Å². The van der Waals surface area contributed by atoms with Gasteiger partial charge in [-0.25, -0.2) is 0 Å². The normalized spacial score (nSPS) is 13.5. The molecule has 0 aromatic heterocycles. The molecule has 1 aromatic rings. The summed E-state index contributed by atoms with van der Waals surface area (Å²) in [6.45, 7) is 3.20. The van der Waals surface area contributed by atoms with Gasteiger partial charge in [-0.3, -0.25) is 4.79 Å². The average Bonchev–Trinajstić information content (AvgIpc) is 2.64. The maximum atomic E-state index is 12.1. The Morgan fingerprint density at radius 3 is 2.56 bits per heavy atom. The molecule has 0 aliphatic carbocycles. The van der Waals surface area contributed by atoms with Crippen molar-refractivity contribution in [1.82, 2.24) is 4.90 Å². The summed E-state index contributed by atoms with van der Waals surface area (Å²) in [6.07, 6.45) is 14.9. The summed E-state index contributed by atoms with van der Waals surface area (Å²) < 4.78 is 0. The molecule has 0 unspecified atom stereocenters. The van der Waals surface area contributed by atoms with Gasteiger partial charge in [0, 0.05) is 24.6 Å². The molecule has 0 saturated heterocycles. The number of nitriles is 1. The van der Waals surface area contributed by atoms with Gasteiger partial charge in [-0.05, 0) is 42.4 Å². The smallest absolute Gasteiger partial charge is 0.266 e. The lowest BCUT2D eigenvalue weighted by molar-refractivity contribution is -0.112. The lowest BCUT2D eigenvalue weighted by atomic mass is 10.1. The first-order chi connectivity index (χ1) is 12.2. The number of allylic oxidation sites excluding steroid dienone is 5. The van der Waals surface area contributed by atoms with Crippen LogP contribution in [0.15, 0.2) is 78.2 Å². The average molecular weight is 333 g/mol. The summed E-state index contributed by atoms with van der Waals surface area (Å²) in [5, 5.41) is 11.9. The number of anilines is 1. The first kappa shape index (κ1) is 18.3. The van der Waals surface area contributed by atoms with E-state index in [2.05, 4.69) is 17.1 Å². The molecule has 1 heterocycles. The van der Waals surface area contributed by atoms with Gasteiger partial charge < -0.3 is 10.2 Å². The molecule has 0 atom stereocenters. The molecule has 128 valence electrons. The second-order valence-corrected chi connectivity index (χ2v) is 5.76. The van der Waals surface area contributed by atoms with E-state index in [1.165, 1.54) is 19.3 Å². The number of hydrogen-bond donors (Lipinski definition) is 1. The van der Waals surface area contributed by atoms with Crippen molar-refractivity contribution in [3.63, 3.8) is 0 Å². The zero-order valence-corrected chi connectivity index (χ0v) is 14.5. The fourth-order valence-corrected chi connectivity index (χ4v) is 2.34. The van der Waals surface area contributed by atoms with Gasteiger partial charge in [0.25, 0.3) is 5.91 Å². The minimum atomic E-state index is -0.407. The molecular weight excluding hydrogens is 310 g/mol. The molecule has 4 heteroatoms. The highest BCUT2D eigenvalue weighted by atomic mass is 16.1. The standard InChI is InChI=1S/C21H23N3O/c1-2-3-7-14-24-15-12-18(13-16-24)10-11-19(17-22)21(25)23-20-8-5-4-6-9-20/h4-6,8-13,15-16H,2-3,7,14H2,1H3,(H,23,25)/b19-11+. The largest absolute Gasteiger partial charge is 0.354 e. The second kappa shape index (κ2) is 9.94. The van der Waals surface area contributed by atoms with Gasteiger partial charge in [-0.1, -0.05) is 44.0 Å². The Balaban J connectivity index is 1.95. The molecule has 0 spiro atoms. The van der Waals surface area contributed by atoms with Crippen LogP contribution in [-0.2, 0) is 4.79 Å². The first-order valence-electron chi connectivity index (χ1n) is 8.53. The molecule has 2 rings (SSSR count). The predicted molar refractivity (Wildman–Crippen MR) is 101 cm³/mol. The summed E-state index contributed by atoms with van der Waals surface area (Å²) in [6, 6.07) is 11.0. The third-order valence-electron chi connectivity index (χ3n) is 3.78. The molecule has 4 nitrogen and oxygen atoms in total. The minimum absolute atomic E-state index is 0.0727. The van der Waals surface area contributed by atoms with Crippen LogP contribution < -0.4 is 5.32 Å². The van der Waals surface area contributed by atoms with Crippen molar-refractivity contribution in [2.75, 3.05) is 11.9 Å². The van der Waals surface area contributed by atoms with E-state index in [-0.39, 0.29) is 5.57 Å². The Morgan fingerprint density at radius 1 is 1.20 bits per heavy atom. The maximum Gasteiger partial charge on any atom is 0.266 e. The Kier molecular flexibility index (Phi) is 7.27. The molecule has 1 aliphatic rings. The van der Waals surface area contributed by atoms with E-state index in [0.29, 0.717) is 5.69 Å². The van der Waals surface area contributed by atoms with Crippen molar-refractivity contribution in [2.24, 2.45) is 0 Å². The van der Waals surface area contributed by atoms with Crippen molar-refractivity contribution in [2.45, 2.75) is 26.2 Å². The highest BCUT2D eigenvalue weighted by molar-refractivity contribution is 6.06. The summed E-state index contributed by atoms with van der Waals surface area (Å²) in [5.41, 5.74) is 1.69. The van der Waals surface area contributed by atoms with Crippen molar-refractivity contribution in [3.8, 4) is 6.07 Å². The van der Waals surface area contributed by atoms with Gasteiger partial charge in [0.05, 0.1) is 0 Å². The monoisotopic (exact) mass is 333 g/mol. The molecule has 1 aromatic carbocycles. The summed E-state index contributed by atoms with van der Waals surface area (Å²) in [7, 11) is 0. The van der Waals surface area contributed by atoms with E-state index >= 15 is 0 Å². The predicted octanol–water partition coefficient (Wildman–Crippen LogP) is 4.53. The highest BCUT2D eigenvalue weighted by Crippen LogP contribution is 2.12. The number of benzene rings is 1. The quantitative estimate of drug-likeness (QED) is 0.453. The Bertz CT molecular complexity index is 720. The molecule has 0 fully saturated rings. The third kappa shape index (κ3) is 6.15. The van der Waals surface area contributed by atoms with E-state index < -0.39 is 5.91 Å². The second-order valence-electron chi connectivity index (χ2n) is 5.76. The number of para-hydroxylation sites is 1. The van der Waals surface area contributed by atoms with Crippen LogP contribution in [0.4, 0.5) is 5.69 Å².